The van der Waals surface area contributed by atoms with Crippen molar-refractivity contribution in [3.8, 4) is 5.75 Å². The van der Waals surface area contributed by atoms with Gasteiger partial charge in [0.25, 0.3) is 5.91 Å². The molecule has 0 saturated carbocycles. The number of phenols is 1. The predicted octanol–water partition coefficient (Wildman–Crippen LogP) is 6.70. The van der Waals surface area contributed by atoms with Gasteiger partial charge in [0.2, 0.25) is 11.8 Å². The van der Waals surface area contributed by atoms with Crippen LogP contribution in [0.3, 0.4) is 0 Å². The molecule has 3 saturated heterocycles. The van der Waals surface area contributed by atoms with Crippen LogP contribution < -0.4 is 15.1 Å². The van der Waals surface area contributed by atoms with Crippen LogP contribution in [-0.2, 0) is 16.1 Å². The molecule has 3 amide bonds. The summed E-state index contributed by atoms with van der Waals surface area (Å²) in [6, 6.07) is 29.6. The lowest BCUT2D eigenvalue weighted by molar-refractivity contribution is -0.136. The molecule has 0 aromatic heterocycles. The van der Waals surface area contributed by atoms with E-state index in [4.69, 9.17) is 0 Å². The summed E-state index contributed by atoms with van der Waals surface area (Å²) in [4.78, 5) is 45.7. The number of phenolic OH excluding ortho intramolecular Hbond substituents is 1. The molecule has 9 nitrogen and oxygen atoms in total. The normalized spacial score (nSPS) is 20.1. The molecule has 2 N–H and O–H groups in total. The van der Waals surface area contributed by atoms with Crippen LogP contribution in [0.25, 0.3) is 11.1 Å². The molecule has 4 aliphatic heterocycles. The Kier molecular flexibility index (Phi) is 10.4. The number of hydrogen-bond donors (Lipinski definition) is 2. The Hall–Kier alpha value is -5.48. The van der Waals surface area contributed by atoms with Crippen LogP contribution in [0.15, 0.2) is 91.0 Å². The van der Waals surface area contributed by atoms with Gasteiger partial charge in [-0.25, -0.2) is 4.39 Å². The fourth-order valence-electron chi connectivity index (χ4n) is 8.89. The number of allylic oxidation sites excluding steroid dienone is 1. The highest BCUT2D eigenvalue weighted by Gasteiger charge is 2.41. The van der Waals surface area contributed by atoms with Crippen LogP contribution in [0.2, 0.25) is 0 Å². The van der Waals surface area contributed by atoms with E-state index in [1.54, 1.807) is 24.3 Å². The molecule has 3 fully saturated rings. The second-order valence-electron chi connectivity index (χ2n) is 15.2. The van der Waals surface area contributed by atoms with E-state index in [-0.39, 0.29) is 42.8 Å². The SMILES string of the molecule is CC/C(=C(\c1ccc(O)cc1)c1ccc(N2CCC(CN3CCN(c4ccc5c(c4F)CN(C4CCC(=O)NC4=O)C5=O)CC3)CC2)cc1)c1ccccc1. The van der Waals surface area contributed by atoms with Crippen molar-refractivity contribution in [2.24, 2.45) is 5.92 Å². The van der Waals surface area contributed by atoms with E-state index >= 15 is 4.39 Å². The summed E-state index contributed by atoms with van der Waals surface area (Å²) in [5.74, 6) is -0.716. The van der Waals surface area contributed by atoms with E-state index < -0.39 is 11.9 Å². The van der Waals surface area contributed by atoms with E-state index in [0.29, 0.717) is 35.8 Å². The molecule has 10 heteroatoms. The molecule has 4 aliphatic rings. The van der Waals surface area contributed by atoms with Crippen LogP contribution >= 0.6 is 0 Å². The maximum Gasteiger partial charge on any atom is 0.255 e. The second kappa shape index (κ2) is 15.7. The lowest BCUT2D eigenvalue weighted by Crippen LogP contribution is -2.52. The zero-order valence-corrected chi connectivity index (χ0v) is 31.3. The number of piperidine rings is 2. The number of rotatable bonds is 9. The molecular weight excluding hydrogens is 694 g/mol. The lowest BCUT2D eigenvalue weighted by atomic mass is 9.88. The monoisotopic (exact) mass is 741 g/mol. The summed E-state index contributed by atoms with van der Waals surface area (Å²) >= 11 is 0. The largest absolute Gasteiger partial charge is 0.508 e. The third-order valence-electron chi connectivity index (χ3n) is 11.9. The van der Waals surface area contributed by atoms with Gasteiger partial charge in [0.05, 0.1) is 12.2 Å². The van der Waals surface area contributed by atoms with Gasteiger partial charge in [0.15, 0.2) is 5.82 Å². The van der Waals surface area contributed by atoms with E-state index in [0.717, 1.165) is 63.1 Å². The molecule has 8 rings (SSSR count). The minimum absolute atomic E-state index is 0.0366. The average Bonchev–Trinajstić information content (AvgIpc) is 3.55. The number of amides is 3. The molecular formula is C45H48FN5O4. The molecule has 55 heavy (non-hydrogen) atoms. The van der Waals surface area contributed by atoms with Gasteiger partial charge in [-0.15, -0.1) is 0 Å². The zero-order chi connectivity index (χ0) is 38.1. The van der Waals surface area contributed by atoms with Gasteiger partial charge in [-0.2, -0.15) is 0 Å². The van der Waals surface area contributed by atoms with Crippen molar-refractivity contribution in [3.05, 3.63) is 125 Å². The van der Waals surface area contributed by atoms with E-state index in [1.165, 1.54) is 27.3 Å². The highest BCUT2D eigenvalue weighted by atomic mass is 19.1. The quantitative estimate of drug-likeness (QED) is 0.146. The first kappa shape index (κ1) is 36.5. The van der Waals surface area contributed by atoms with E-state index in [2.05, 4.69) is 75.5 Å². The first-order valence-electron chi connectivity index (χ1n) is 19.6. The molecule has 0 bridgehead atoms. The number of fused-ring (bicyclic) bond motifs is 1. The highest BCUT2D eigenvalue weighted by Crippen LogP contribution is 2.37. The van der Waals surface area contributed by atoms with Crippen molar-refractivity contribution in [2.75, 3.05) is 55.6 Å². The van der Waals surface area contributed by atoms with Gasteiger partial charge in [0.1, 0.15) is 11.8 Å². The first-order valence-corrected chi connectivity index (χ1v) is 19.6. The Bertz CT molecular complexity index is 2090. The number of imide groups is 1. The van der Waals surface area contributed by atoms with Gasteiger partial charge < -0.3 is 19.8 Å². The number of piperazine rings is 1. The molecule has 4 aromatic carbocycles. The summed E-state index contributed by atoms with van der Waals surface area (Å²) in [7, 11) is 0. The Morgan fingerprint density at radius 3 is 2.09 bits per heavy atom. The Morgan fingerprint density at radius 1 is 0.764 bits per heavy atom. The highest BCUT2D eigenvalue weighted by molar-refractivity contribution is 6.05. The van der Waals surface area contributed by atoms with Crippen LogP contribution in [0.1, 0.15) is 71.6 Å². The number of benzene rings is 4. The van der Waals surface area contributed by atoms with E-state index in [1.807, 2.05) is 18.2 Å². The van der Waals surface area contributed by atoms with E-state index in [9.17, 15) is 19.5 Å². The van der Waals surface area contributed by atoms with Crippen molar-refractivity contribution in [1.29, 1.82) is 0 Å². The second-order valence-corrected chi connectivity index (χ2v) is 15.2. The predicted molar refractivity (Wildman–Crippen MR) is 213 cm³/mol. The summed E-state index contributed by atoms with van der Waals surface area (Å²) in [6.07, 6.45) is 3.53. The van der Waals surface area contributed by atoms with Crippen LogP contribution in [0.5, 0.6) is 5.75 Å². The minimum Gasteiger partial charge on any atom is -0.508 e. The number of nitrogens with one attached hydrogen (secondary N) is 1. The van der Waals surface area contributed by atoms with Crippen molar-refractivity contribution in [3.63, 3.8) is 0 Å². The van der Waals surface area contributed by atoms with Crippen molar-refractivity contribution in [2.45, 2.75) is 51.6 Å². The van der Waals surface area contributed by atoms with Crippen LogP contribution in [-0.4, -0.2) is 84.5 Å². The molecule has 4 heterocycles. The third-order valence-corrected chi connectivity index (χ3v) is 11.9. The van der Waals surface area contributed by atoms with Crippen LogP contribution in [0.4, 0.5) is 15.8 Å². The maximum absolute atomic E-state index is 15.9. The summed E-state index contributed by atoms with van der Waals surface area (Å²) in [5, 5.41) is 12.3. The van der Waals surface area contributed by atoms with Crippen molar-refractivity contribution >= 4 is 40.2 Å². The number of hydrogen-bond acceptors (Lipinski definition) is 7. The molecule has 4 aromatic rings. The van der Waals surface area contributed by atoms with Crippen LogP contribution in [0, 0.1) is 11.7 Å². The summed E-state index contributed by atoms with van der Waals surface area (Å²) < 4.78 is 15.9. The zero-order valence-electron chi connectivity index (χ0n) is 31.3. The van der Waals surface area contributed by atoms with Gasteiger partial charge in [-0.1, -0.05) is 61.5 Å². The summed E-state index contributed by atoms with van der Waals surface area (Å²) in [5.41, 5.74) is 8.28. The molecule has 0 spiro atoms. The standard InChI is InChI=1S/C45H48FN5O4/c1-2-36(31-6-4-3-5-7-31)42(33-10-14-35(52)15-11-33)32-8-12-34(13-9-32)49-22-20-30(21-23-49)28-48-24-26-50(27-25-48)39-17-16-37-38(43(39)46)29-51(45(37)55)40-18-19-41(53)47-44(40)54/h3-17,30,40,52H,2,18-29H2,1H3,(H,47,53,54)/b42-36+. The smallest absolute Gasteiger partial charge is 0.255 e. The third kappa shape index (κ3) is 7.48. The molecule has 1 unspecified atom stereocenters. The van der Waals surface area contributed by atoms with Gasteiger partial charge in [-0.3, -0.25) is 24.6 Å². The molecule has 1 atom stereocenters. The number of halogens is 1. The number of nitrogens with zero attached hydrogens (tertiary/aromatic N) is 4. The number of carbonyl (C=O) groups excluding carboxylic acids is 3. The van der Waals surface area contributed by atoms with Crippen molar-refractivity contribution < 1.29 is 23.9 Å². The first-order chi connectivity index (χ1) is 26.8. The lowest BCUT2D eigenvalue weighted by Gasteiger charge is -2.40. The van der Waals surface area contributed by atoms with Gasteiger partial charge >= 0.3 is 0 Å². The maximum atomic E-state index is 15.9. The average molecular weight is 742 g/mol. The summed E-state index contributed by atoms with van der Waals surface area (Å²) in [6.45, 7) is 8.37. The Balaban J connectivity index is 0.862. The van der Waals surface area contributed by atoms with Crippen molar-refractivity contribution in [1.82, 2.24) is 15.1 Å². The minimum atomic E-state index is -0.760. The molecule has 284 valence electrons. The van der Waals surface area contributed by atoms with Gasteiger partial charge in [0, 0.05) is 69.0 Å². The number of carbonyl (C=O) groups is 3. The molecule has 0 aliphatic carbocycles. The topological polar surface area (TPSA) is 96.4 Å². The fourth-order valence-corrected chi connectivity index (χ4v) is 8.89. The Morgan fingerprint density at radius 2 is 1.44 bits per heavy atom. The Labute approximate surface area is 322 Å². The van der Waals surface area contributed by atoms with Gasteiger partial charge in [-0.05, 0) is 95.8 Å². The number of anilines is 2. The number of aromatic hydroxyl groups is 1. The molecule has 0 radical (unpaired) electrons. The fraction of sp³-hybridized carbons (Fsp3) is 0.356.